The first-order chi connectivity index (χ1) is 14.4. The molecule has 5 nitrogen and oxygen atoms in total. The first-order valence-corrected chi connectivity index (χ1v) is 11.5. The first kappa shape index (κ1) is 21.1. The van der Waals surface area contributed by atoms with Crippen LogP contribution in [0, 0.1) is 0 Å². The molecule has 30 heavy (non-hydrogen) atoms. The Hall–Kier alpha value is -2.15. The SMILES string of the molecule is CC(c1nnc(SCC(=O)c2ccc3c(c2)CCC3)n1-c1ccc(Cl)cc1)N(C)C. The van der Waals surface area contributed by atoms with E-state index in [0.29, 0.717) is 15.9 Å². The monoisotopic (exact) mass is 440 g/mol. The number of thioether (sulfide) groups is 1. The van der Waals surface area contributed by atoms with Crippen LogP contribution in [-0.4, -0.2) is 45.3 Å². The summed E-state index contributed by atoms with van der Waals surface area (Å²) in [5.74, 6) is 1.26. The van der Waals surface area contributed by atoms with Crippen LogP contribution in [0.4, 0.5) is 0 Å². The molecule has 156 valence electrons. The van der Waals surface area contributed by atoms with Crippen LogP contribution < -0.4 is 0 Å². The number of carbonyl (C=O) groups excluding carboxylic acids is 1. The Morgan fingerprint density at radius 2 is 1.87 bits per heavy atom. The normalized spacial score (nSPS) is 14.2. The Kier molecular flexibility index (Phi) is 6.27. The molecule has 3 aromatic rings. The number of fused-ring (bicyclic) bond motifs is 1. The molecule has 0 saturated heterocycles. The van der Waals surface area contributed by atoms with E-state index in [1.54, 1.807) is 0 Å². The number of aromatic nitrogens is 3. The molecule has 1 heterocycles. The minimum atomic E-state index is 0.0648. The highest BCUT2D eigenvalue weighted by molar-refractivity contribution is 7.99. The van der Waals surface area contributed by atoms with Crippen molar-refractivity contribution in [3.63, 3.8) is 0 Å². The number of hydrogen-bond acceptors (Lipinski definition) is 5. The maximum Gasteiger partial charge on any atom is 0.196 e. The van der Waals surface area contributed by atoms with Crippen LogP contribution in [0.2, 0.25) is 5.02 Å². The summed E-state index contributed by atoms with van der Waals surface area (Å²) in [5, 5.41) is 10.2. The second kappa shape index (κ2) is 8.92. The average molecular weight is 441 g/mol. The lowest BCUT2D eigenvalue weighted by Crippen LogP contribution is -2.20. The predicted octanol–water partition coefficient (Wildman–Crippen LogP) is 5.01. The maximum atomic E-state index is 12.9. The van der Waals surface area contributed by atoms with Gasteiger partial charge in [0, 0.05) is 16.3 Å². The third-order valence-corrected chi connectivity index (χ3v) is 6.83. The van der Waals surface area contributed by atoms with Gasteiger partial charge in [0.2, 0.25) is 0 Å². The van der Waals surface area contributed by atoms with Gasteiger partial charge in [-0.25, -0.2) is 0 Å². The number of aryl methyl sites for hydroxylation is 2. The van der Waals surface area contributed by atoms with Crippen molar-refractivity contribution in [3.8, 4) is 5.69 Å². The molecule has 0 spiro atoms. The minimum Gasteiger partial charge on any atom is -0.300 e. The summed E-state index contributed by atoms with van der Waals surface area (Å²) in [6, 6.07) is 13.8. The summed E-state index contributed by atoms with van der Waals surface area (Å²) in [6.45, 7) is 2.08. The van der Waals surface area contributed by atoms with Gasteiger partial charge in [-0.3, -0.25) is 14.3 Å². The topological polar surface area (TPSA) is 51.0 Å². The molecular weight excluding hydrogens is 416 g/mol. The number of rotatable bonds is 7. The van der Waals surface area contributed by atoms with Crippen LogP contribution in [0.1, 0.15) is 46.7 Å². The molecule has 0 amide bonds. The molecular formula is C23H25ClN4OS. The Morgan fingerprint density at radius 3 is 2.60 bits per heavy atom. The number of hydrogen-bond donors (Lipinski definition) is 0. The summed E-state index contributed by atoms with van der Waals surface area (Å²) >= 11 is 7.50. The smallest absolute Gasteiger partial charge is 0.196 e. The third-order valence-electron chi connectivity index (χ3n) is 5.64. The maximum absolute atomic E-state index is 12.9. The molecule has 0 radical (unpaired) electrons. The van der Waals surface area contributed by atoms with E-state index in [1.165, 1.54) is 29.3 Å². The van der Waals surface area contributed by atoms with Crippen LogP contribution in [0.5, 0.6) is 0 Å². The van der Waals surface area contributed by atoms with Crippen LogP contribution >= 0.6 is 23.4 Å². The summed E-state index contributed by atoms with van der Waals surface area (Å²) in [4.78, 5) is 14.9. The number of ketones is 1. The second-order valence-corrected chi connectivity index (χ2v) is 9.22. The van der Waals surface area contributed by atoms with Gasteiger partial charge in [-0.15, -0.1) is 10.2 Å². The molecule has 7 heteroatoms. The van der Waals surface area contributed by atoms with Crippen molar-refractivity contribution < 1.29 is 4.79 Å². The van der Waals surface area contributed by atoms with Crippen LogP contribution in [0.25, 0.3) is 5.69 Å². The fourth-order valence-corrected chi connectivity index (χ4v) is 4.65. The highest BCUT2D eigenvalue weighted by atomic mass is 35.5. The fourth-order valence-electron chi connectivity index (χ4n) is 3.67. The molecule has 0 bridgehead atoms. The van der Waals surface area contributed by atoms with Gasteiger partial charge < -0.3 is 0 Å². The minimum absolute atomic E-state index is 0.0648. The van der Waals surface area contributed by atoms with Gasteiger partial charge in [0.1, 0.15) is 0 Å². The lowest BCUT2D eigenvalue weighted by molar-refractivity contribution is 0.102. The van der Waals surface area contributed by atoms with E-state index in [0.717, 1.165) is 29.9 Å². The van der Waals surface area contributed by atoms with Crippen molar-refractivity contribution in [2.45, 2.75) is 37.4 Å². The number of halogens is 1. The number of carbonyl (C=O) groups is 1. The Morgan fingerprint density at radius 1 is 1.13 bits per heavy atom. The number of nitrogens with zero attached hydrogens (tertiary/aromatic N) is 4. The molecule has 0 N–H and O–H groups in total. The van der Waals surface area contributed by atoms with Gasteiger partial charge in [0.25, 0.3) is 0 Å². The van der Waals surface area contributed by atoms with Crippen molar-refractivity contribution >= 4 is 29.1 Å². The summed E-state index contributed by atoms with van der Waals surface area (Å²) < 4.78 is 2.02. The summed E-state index contributed by atoms with van der Waals surface area (Å²) in [6.07, 6.45) is 3.37. The zero-order chi connectivity index (χ0) is 21.3. The molecule has 0 aliphatic heterocycles. The average Bonchev–Trinajstić information content (AvgIpc) is 3.38. The van der Waals surface area contributed by atoms with E-state index in [1.807, 2.05) is 49.0 Å². The zero-order valence-corrected chi connectivity index (χ0v) is 19.0. The third kappa shape index (κ3) is 4.31. The molecule has 1 atom stereocenters. The van der Waals surface area contributed by atoms with Crippen LogP contribution in [0.3, 0.4) is 0 Å². The molecule has 4 rings (SSSR count). The van der Waals surface area contributed by atoms with E-state index in [9.17, 15) is 4.79 Å². The second-order valence-electron chi connectivity index (χ2n) is 7.84. The van der Waals surface area contributed by atoms with Crippen molar-refractivity contribution in [1.82, 2.24) is 19.7 Å². The van der Waals surface area contributed by atoms with Crippen LogP contribution in [0.15, 0.2) is 47.6 Å². The van der Waals surface area contributed by atoms with E-state index in [2.05, 4.69) is 34.2 Å². The molecule has 2 aromatic carbocycles. The standard InChI is InChI=1S/C23H25ClN4OS/c1-15(27(2)3)22-25-26-23(28(22)20-11-9-19(24)10-12-20)30-14-21(29)18-8-7-16-5-4-6-17(16)13-18/h7-13,15H,4-6,14H2,1-3H3. The molecule has 1 aliphatic carbocycles. The van der Waals surface area contributed by atoms with Gasteiger partial charge in [0.05, 0.1) is 11.8 Å². The molecule has 1 unspecified atom stereocenters. The summed E-state index contributed by atoms with van der Waals surface area (Å²) in [7, 11) is 4.02. The van der Waals surface area contributed by atoms with Crippen molar-refractivity contribution in [2.24, 2.45) is 0 Å². The highest BCUT2D eigenvalue weighted by Gasteiger charge is 2.22. The molecule has 0 fully saturated rings. The highest BCUT2D eigenvalue weighted by Crippen LogP contribution is 2.29. The quantitative estimate of drug-likeness (QED) is 0.382. The van der Waals surface area contributed by atoms with Gasteiger partial charge in [-0.2, -0.15) is 0 Å². The van der Waals surface area contributed by atoms with E-state index in [-0.39, 0.29) is 11.8 Å². The Bertz CT molecular complexity index is 1060. The van der Waals surface area contributed by atoms with Crippen molar-refractivity contribution in [1.29, 1.82) is 0 Å². The molecule has 0 saturated carbocycles. The van der Waals surface area contributed by atoms with Crippen molar-refractivity contribution in [3.05, 3.63) is 70.0 Å². The van der Waals surface area contributed by atoms with E-state index >= 15 is 0 Å². The van der Waals surface area contributed by atoms with Crippen LogP contribution in [-0.2, 0) is 12.8 Å². The Balaban J connectivity index is 1.59. The largest absolute Gasteiger partial charge is 0.300 e. The lowest BCUT2D eigenvalue weighted by Gasteiger charge is -2.20. The Labute approximate surface area is 186 Å². The van der Waals surface area contributed by atoms with Gasteiger partial charge in [-0.1, -0.05) is 35.5 Å². The summed E-state index contributed by atoms with van der Waals surface area (Å²) in [5.41, 5.74) is 4.41. The number of benzene rings is 2. The predicted molar refractivity (Wildman–Crippen MR) is 122 cm³/mol. The van der Waals surface area contributed by atoms with E-state index in [4.69, 9.17) is 11.6 Å². The molecule has 1 aromatic heterocycles. The first-order valence-electron chi connectivity index (χ1n) is 10.1. The molecule has 1 aliphatic rings. The fraction of sp³-hybridized carbons (Fsp3) is 0.348. The van der Waals surface area contributed by atoms with Gasteiger partial charge >= 0.3 is 0 Å². The van der Waals surface area contributed by atoms with Gasteiger partial charge in [0.15, 0.2) is 16.8 Å². The lowest BCUT2D eigenvalue weighted by atomic mass is 10.0. The van der Waals surface area contributed by atoms with Crippen molar-refractivity contribution in [2.75, 3.05) is 19.8 Å². The van der Waals surface area contributed by atoms with Gasteiger partial charge in [-0.05, 0) is 81.7 Å². The zero-order valence-electron chi connectivity index (χ0n) is 17.4. The van der Waals surface area contributed by atoms with E-state index < -0.39 is 0 Å². The number of Topliss-reactive ketones (excluding diaryl/α,β-unsaturated/α-hetero) is 1.